The number of aryl methyl sites for hydroxylation is 2. The van der Waals surface area contributed by atoms with E-state index in [9.17, 15) is 9.59 Å². The molecule has 0 unspecified atom stereocenters. The maximum absolute atomic E-state index is 12.0. The molecule has 1 amide bonds. The summed E-state index contributed by atoms with van der Waals surface area (Å²) in [5, 5.41) is 2.81. The zero-order valence-corrected chi connectivity index (χ0v) is 12.9. The van der Waals surface area contributed by atoms with Gasteiger partial charge in [0.1, 0.15) is 0 Å². The maximum atomic E-state index is 12.0. The lowest BCUT2D eigenvalue weighted by molar-refractivity contribution is -0.116. The number of nitrogens with zero attached hydrogens (tertiary/aromatic N) is 1. The van der Waals surface area contributed by atoms with Gasteiger partial charge in [-0.05, 0) is 37.1 Å². The third kappa shape index (κ3) is 3.53. The van der Waals surface area contributed by atoms with E-state index in [2.05, 4.69) is 5.32 Å². The van der Waals surface area contributed by atoms with Crippen molar-refractivity contribution in [1.29, 1.82) is 0 Å². The van der Waals surface area contributed by atoms with Crippen molar-refractivity contribution in [3.63, 3.8) is 0 Å². The number of rotatable bonds is 5. The van der Waals surface area contributed by atoms with Crippen LogP contribution in [0.4, 0.5) is 5.69 Å². The summed E-state index contributed by atoms with van der Waals surface area (Å²) in [6, 6.07) is 8.75. The van der Waals surface area contributed by atoms with Gasteiger partial charge in [0.25, 0.3) is 5.56 Å². The predicted molar refractivity (Wildman–Crippen MR) is 85.9 cm³/mol. The van der Waals surface area contributed by atoms with Gasteiger partial charge in [-0.25, -0.2) is 0 Å². The normalized spacial score (nSPS) is 12.2. The second-order valence-corrected chi connectivity index (χ2v) is 5.28. The van der Waals surface area contributed by atoms with Crippen molar-refractivity contribution in [1.82, 2.24) is 4.57 Å². The van der Waals surface area contributed by atoms with Crippen molar-refractivity contribution >= 4 is 11.6 Å². The zero-order chi connectivity index (χ0) is 16.2. The van der Waals surface area contributed by atoms with Crippen molar-refractivity contribution in [2.45, 2.75) is 26.3 Å². The molecule has 6 heteroatoms. The Labute approximate surface area is 133 Å². The highest BCUT2D eigenvalue weighted by Crippen LogP contribution is 2.32. The smallest absolute Gasteiger partial charge is 0.250 e. The molecule has 0 saturated carbocycles. The summed E-state index contributed by atoms with van der Waals surface area (Å²) in [7, 11) is 0. The summed E-state index contributed by atoms with van der Waals surface area (Å²) in [6.45, 7) is 2.69. The number of benzene rings is 1. The van der Waals surface area contributed by atoms with Crippen LogP contribution in [0.3, 0.4) is 0 Å². The van der Waals surface area contributed by atoms with Crippen LogP contribution in [0.25, 0.3) is 0 Å². The van der Waals surface area contributed by atoms with E-state index in [0.29, 0.717) is 25.1 Å². The van der Waals surface area contributed by atoms with Gasteiger partial charge in [-0.15, -0.1) is 0 Å². The van der Waals surface area contributed by atoms with E-state index < -0.39 is 0 Å². The minimum Gasteiger partial charge on any atom is -0.454 e. The Morgan fingerprint density at radius 1 is 1.22 bits per heavy atom. The molecule has 120 valence electrons. The fraction of sp³-hybridized carbons (Fsp3) is 0.294. The number of ether oxygens (including phenoxy) is 2. The highest BCUT2D eigenvalue weighted by Gasteiger charge is 2.13. The van der Waals surface area contributed by atoms with Gasteiger partial charge in [-0.2, -0.15) is 0 Å². The first-order chi connectivity index (χ1) is 11.2. The lowest BCUT2D eigenvalue weighted by atomic mass is 10.1. The summed E-state index contributed by atoms with van der Waals surface area (Å²) in [5.41, 5.74) is 1.57. The van der Waals surface area contributed by atoms with E-state index in [4.69, 9.17) is 9.47 Å². The van der Waals surface area contributed by atoms with Gasteiger partial charge in [0, 0.05) is 25.2 Å². The molecule has 0 radical (unpaired) electrons. The Morgan fingerprint density at radius 3 is 2.87 bits per heavy atom. The van der Waals surface area contributed by atoms with E-state index in [1.54, 1.807) is 16.8 Å². The van der Waals surface area contributed by atoms with Crippen LogP contribution < -0.4 is 20.3 Å². The highest BCUT2D eigenvalue weighted by atomic mass is 16.7. The molecule has 3 rings (SSSR count). The molecule has 0 saturated heterocycles. The van der Waals surface area contributed by atoms with Crippen molar-refractivity contribution < 1.29 is 14.3 Å². The molecule has 2 heterocycles. The van der Waals surface area contributed by atoms with E-state index >= 15 is 0 Å². The van der Waals surface area contributed by atoms with E-state index in [1.165, 1.54) is 6.07 Å². The highest BCUT2D eigenvalue weighted by molar-refractivity contribution is 5.90. The number of hydrogen-bond donors (Lipinski definition) is 1. The van der Waals surface area contributed by atoms with Gasteiger partial charge >= 0.3 is 0 Å². The monoisotopic (exact) mass is 314 g/mol. The van der Waals surface area contributed by atoms with Gasteiger partial charge < -0.3 is 19.4 Å². The van der Waals surface area contributed by atoms with Gasteiger partial charge in [0.05, 0.1) is 5.69 Å². The minimum atomic E-state index is -0.0935. The molecule has 0 bridgehead atoms. The van der Waals surface area contributed by atoms with Crippen LogP contribution >= 0.6 is 0 Å². The summed E-state index contributed by atoms with van der Waals surface area (Å²) in [4.78, 5) is 23.6. The molecule has 2 aromatic rings. The molecule has 1 aromatic carbocycles. The summed E-state index contributed by atoms with van der Waals surface area (Å²) in [6.07, 6.45) is 2.61. The molecular weight excluding hydrogens is 296 g/mol. The number of aromatic nitrogens is 1. The van der Waals surface area contributed by atoms with Gasteiger partial charge in [0.15, 0.2) is 11.5 Å². The SMILES string of the molecule is CCn1cc(NC(=O)CCc2ccc3c(c2)OCO3)ccc1=O. The van der Waals surface area contributed by atoms with Crippen LogP contribution in [0, 0.1) is 0 Å². The van der Waals surface area contributed by atoms with Crippen LogP contribution in [-0.4, -0.2) is 17.3 Å². The zero-order valence-electron chi connectivity index (χ0n) is 12.9. The van der Waals surface area contributed by atoms with Crippen LogP contribution in [-0.2, 0) is 17.8 Å². The lowest BCUT2D eigenvalue weighted by Crippen LogP contribution is -2.19. The van der Waals surface area contributed by atoms with E-state index in [-0.39, 0.29) is 18.3 Å². The summed E-state index contributed by atoms with van der Waals surface area (Å²) < 4.78 is 12.1. The Balaban J connectivity index is 1.58. The quantitative estimate of drug-likeness (QED) is 0.918. The number of carbonyl (C=O) groups is 1. The molecule has 0 atom stereocenters. The van der Waals surface area contributed by atoms with Gasteiger partial charge in [-0.1, -0.05) is 6.07 Å². The molecule has 0 spiro atoms. The van der Waals surface area contributed by atoms with Crippen LogP contribution in [0.5, 0.6) is 11.5 Å². The fourth-order valence-corrected chi connectivity index (χ4v) is 2.43. The summed E-state index contributed by atoms with van der Waals surface area (Å²) >= 11 is 0. The third-order valence-electron chi connectivity index (χ3n) is 3.69. The average molecular weight is 314 g/mol. The number of amides is 1. The topological polar surface area (TPSA) is 69.6 Å². The lowest BCUT2D eigenvalue weighted by Gasteiger charge is -2.08. The first-order valence-electron chi connectivity index (χ1n) is 7.54. The van der Waals surface area contributed by atoms with Crippen molar-refractivity contribution in [3.8, 4) is 11.5 Å². The third-order valence-corrected chi connectivity index (χ3v) is 3.69. The van der Waals surface area contributed by atoms with E-state index in [0.717, 1.165) is 17.1 Å². The van der Waals surface area contributed by atoms with Gasteiger partial charge in [0.2, 0.25) is 12.7 Å². The summed E-state index contributed by atoms with van der Waals surface area (Å²) in [5.74, 6) is 1.36. The molecule has 0 aliphatic carbocycles. The van der Waals surface area contributed by atoms with Crippen molar-refractivity contribution in [2.24, 2.45) is 0 Å². The number of nitrogens with one attached hydrogen (secondary N) is 1. The molecule has 1 N–H and O–H groups in total. The molecular formula is C17H18N2O4. The maximum Gasteiger partial charge on any atom is 0.250 e. The Morgan fingerprint density at radius 2 is 2.04 bits per heavy atom. The second-order valence-electron chi connectivity index (χ2n) is 5.28. The first kappa shape index (κ1) is 15.1. The van der Waals surface area contributed by atoms with E-state index in [1.807, 2.05) is 25.1 Å². The predicted octanol–water partition coefficient (Wildman–Crippen LogP) is 2.17. The fourth-order valence-electron chi connectivity index (χ4n) is 2.43. The Bertz CT molecular complexity index is 782. The molecule has 6 nitrogen and oxygen atoms in total. The number of pyridine rings is 1. The first-order valence-corrected chi connectivity index (χ1v) is 7.54. The van der Waals surface area contributed by atoms with Crippen LogP contribution in [0.1, 0.15) is 18.9 Å². The Hall–Kier alpha value is -2.76. The molecule has 1 aliphatic rings. The molecule has 23 heavy (non-hydrogen) atoms. The van der Waals surface area contributed by atoms with Gasteiger partial charge in [-0.3, -0.25) is 9.59 Å². The minimum absolute atomic E-state index is 0.0779. The van der Waals surface area contributed by atoms with Crippen LogP contribution in [0.15, 0.2) is 41.3 Å². The Kier molecular flexibility index (Phi) is 4.32. The molecule has 1 aliphatic heterocycles. The average Bonchev–Trinajstić information content (AvgIpc) is 3.02. The second kappa shape index (κ2) is 6.56. The van der Waals surface area contributed by atoms with Crippen molar-refractivity contribution in [2.75, 3.05) is 12.1 Å². The number of fused-ring (bicyclic) bond motifs is 1. The number of anilines is 1. The largest absolute Gasteiger partial charge is 0.454 e. The van der Waals surface area contributed by atoms with Crippen LogP contribution in [0.2, 0.25) is 0 Å². The molecule has 0 fully saturated rings. The number of hydrogen-bond acceptors (Lipinski definition) is 4. The van der Waals surface area contributed by atoms with Crippen molar-refractivity contribution in [3.05, 3.63) is 52.4 Å². The molecule has 1 aromatic heterocycles. The standard InChI is InChI=1S/C17H18N2O4/c1-2-19-10-13(5-8-17(19)21)18-16(20)7-4-12-3-6-14-15(9-12)23-11-22-14/h3,5-6,8-10H,2,4,7,11H2,1H3,(H,18,20). The number of carbonyl (C=O) groups excluding carboxylic acids is 1.